The molecular formula is C24H24FN3O2. The number of anilines is 2. The Morgan fingerprint density at radius 2 is 2.03 bits per heavy atom. The molecule has 1 N–H and O–H groups in total. The fraction of sp³-hybridized carbons (Fsp3) is 0.250. The minimum atomic E-state index is -0.617. The van der Waals surface area contributed by atoms with Gasteiger partial charge in [-0.2, -0.15) is 5.26 Å². The second-order valence-corrected chi connectivity index (χ2v) is 7.79. The van der Waals surface area contributed by atoms with Gasteiger partial charge in [-0.15, -0.1) is 0 Å². The lowest BCUT2D eigenvalue weighted by Gasteiger charge is -2.40. The summed E-state index contributed by atoms with van der Waals surface area (Å²) in [5, 5.41) is 12.1. The molecule has 1 amide bonds. The molecule has 5 nitrogen and oxygen atoms in total. The number of carbonyl (C=O) groups is 1. The molecule has 0 aliphatic carbocycles. The quantitative estimate of drug-likeness (QED) is 0.574. The van der Waals surface area contributed by atoms with Gasteiger partial charge < -0.3 is 15.0 Å². The monoisotopic (exact) mass is 405 g/mol. The number of methoxy groups -OCH3 is 1. The van der Waals surface area contributed by atoms with Crippen molar-refractivity contribution in [3.8, 4) is 11.8 Å². The maximum Gasteiger partial charge on any atom is 0.266 e. The lowest BCUT2D eigenvalue weighted by Crippen LogP contribution is -2.42. The molecule has 0 unspecified atom stereocenters. The van der Waals surface area contributed by atoms with Crippen LogP contribution in [-0.2, 0) is 4.79 Å². The molecule has 2 aromatic rings. The van der Waals surface area contributed by atoms with Gasteiger partial charge in [-0.05, 0) is 56.7 Å². The lowest BCUT2D eigenvalue weighted by molar-refractivity contribution is -0.112. The third-order valence-corrected chi connectivity index (χ3v) is 5.33. The van der Waals surface area contributed by atoms with Crippen LogP contribution in [0.3, 0.4) is 0 Å². The molecule has 0 saturated heterocycles. The van der Waals surface area contributed by atoms with Crippen LogP contribution in [0.15, 0.2) is 48.0 Å². The van der Waals surface area contributed by atoms with E-state index in [-0.39, 0.29) is 16.7 Å². The van der Waals surface area contributed by atoms with E-state index in [1.807, 2.05) is 24.9 Å². The van der Waals surface area contributed by atoms with Crippen molar-refractivity contribution >= 4 is 28.9 Å². The van der Waals surface area contributed by atoms with Crippen molar-refractivity contribution in [3.05, 3.63) is 65.0 Å². The van der Waals surface area contributed by atoms with Crippen LogP contribution in [0.25, 0.3) is 11.6 Å². The van der Waals surface area contributed by atoms with Gasteiger partial charge in [0.25, 0.3) is 5.91 Å². The van der Waals surface area contributed by atoms with E-state index < -0.39 is 11.7 Å². The number of halogens is 1. The first-order valence-electron chi connectivity index (χ1n) is 9.50. The number of amides is 1. The van der Waals surface area contributed by atoms with Gasteiger partial charge in [0.05, 0.1) is 12.6 Å². The van der Waals surface area contributed by atoms with Crippen molar-refractivity contribution in [2.24, 2.45) is 0 Å². The fourth-order valence-corrected chi connectivity index (χ4v) is 3.50. The zero-order valence-electron chi connectivity index (χ0n) is 17.7. The van der Waals surface area contributed by atoms with Gasteiger partial charge in [0, 0.05) is 35.6 Å². The Bertz CT molecular complexity index is 1110. The Labute approximate surface area is 176 Å². The van der Waals surface area contributed by atoms with E-state index in [0.29, 0.717) is 11.4 Å². The van der Waals surface area contributed by atoms with Gasteiger partial charge in [-0.25, -0.2) is 4.39 Å². The van der Waals surface area contributed by atoms with E-state index in [2.05, 4.69) is 25.2 Å². The SMILES string of the molecule is COc1cccc(NC(=O)/C(C#N)=C/c2cc3c(cc2F)N(C)C(C)(C)C=C3C)c1. The molecule has 154 valence electrons. The highest BCUT2D eigenvalue weighted by molar-refractivity contribution is 6.09. The van der Waals surface area contributed by atoms with Crippen molar-refractivity contribution in [3.63, 3.8) is 0 Å². The number of nitriles is 1. The van der Waals surface area contributed by atoms with Gasteiger partial charge in [0.15, 0.2) is 0 Å². The first kappa shape index (κ1) is 21.1. The summed E-state index contributed by atoms with van der Waals surface area (Å²) in [5.74, 6) is -0.535. The number of hydrogen-bond donors (Lipinski definition) is 1. The number of benzene rings is 2. The molecule has 1 aliphatic rings. The average molecular weight is 405 g/mol. The number of ether oxygens (including phenoxy) is 1. The van der Waals surface area contributed by atoms with Crippen LogP contribution in [0.4, 0.5) is 15.8 Å². The van der Waals surface area contributed by atoms with E-state index in [4.69, 9.17) is 4.74 Å². The first-order chi connectivity index (χ1) is 14.2. The maximum atomic E-state index is 14.9. The van der Waals surface area contributed by atoms with Crippen LogP contribution in [0.1, 0.15) is 31.9 Å². The second-order valence-electron chi connectivity index (χ2n) is 7.79. The van der Waals surface area contributed by atoms with Crippen LogP contribution in [0.2, 0.25) is 0 Å². The van der Waals surface area contributed by atoms with Crippen molar-refractivity contribution in [1.82, 2.24) is 0 Å². The Kier molecular flexibility index (Phi) is 5.66. The number of nitrogens with zero attached hydrogens (tertiary/aromatic N) is 2. The summed E-state index contributed by atoms with van der Waals surface area (Å²) in [5.41, 5.74) is 2.89. The molecule has 0 saturated carbocycles. The van der Waals surface area contributed by atoms with Crippen LogP contribution < -0.4 is 15.0 Å². The van der Waals surface area contributed by atoms with Crippen molar-refractivity contribution in [2.75, 3.05) is 24.4 Å². The number of nitrogens with one attached hydrogen (secondary N) is 1. The number of hydrogen-bond acceptors (Lipinski definition) is 4. The number of carbonyl (C=O) groups excluding carboxylic acids is 1. The van der Waals surface area contributed by atoms with Gasteiger partial charge in [-0.3, -0.25) is 4.79 Å². The van der Waals surface area contributed by atoms with Gasteiger partial charge in [0.1, 0.15) is 23.2 Å². The standard InChI is InChI=1S/C24H24FN3O2/c1-15-13-24(2,3)28(4)22-12-21(25)16(10-20(15)22)9-17(14-26)23(29)27-18-7-6-8-19(11-18)30-5/h6-13H,1-5H3,(H,27,29)/b17-9+. The van der Waals surface area contributed by atoms with Crippen LogP contribution in [0, 0.1) is 17.1 Å². The van der Waals surface area contributed by atoms with Crippen molar-refractivity contribution in [1.29, 1.82) is 5.26 Å². The Hall–Kier alpha value is -3.59. The molecular weight excluding hydrogens is 381 g/mol. The number of rotatable bonds is 4. The smallest absolute Gasteiger partial charge is 0.266 e. The summed E-state index contributed by atoms with van der Waals surface area (Å²) in [7, 11) is 3.44. The summed E-state index contributed by atoms with van der Waals surface area (Å²) in [6.45, 7) is 6.09. The molecule has 0 radical (unpaired) electrons. The zero-order chi connectivity index (χ0) is 22.1. The van der Waals surface area contributed by atoms with E-state index in [1.54, 1.807) is 30.3 Å². The van der Waals surface area contributed by atoms with E-state index >= 15 is 0 Å². The summed E-state index contributed by atoms with van der Waals surface area (Å²) >= 11 is 0. The Morgan fingerprint density at radius 3 is 2.70 bits per heavy atom. The first-order valence-corrected chi connectivity index (χ1v) is 9.50. The summed E-state index contributed by atoms with van der Waals surface area (Å²) in [4.78, 5) is 14.6. The number of likely N-dealkylation sites (N-methyl/N-ethyl adjacent to an activating group) is 1. The second kappa shape index (κ2) is 8.03. The molecule has 6 heteroatoms. The van der Waals surface area contributed by atoms with Crippen LogP contribution in [-0.4, -0.2) is 25.6 Å². The fourth-order valence-electron chi connectivity index (χ4n) is 3.50. The highest BCUT2D eigenvalue weighted by Crippen LogP contribution is 2.39. The molecule has 0 spiro atoms. The van der Waals surface area contributed by atoms with Gasteiger partial charge in [-0.1, -0.05) is 12.1 Å². The van der Waals surface area contributed by atoms with Gasteiger partial charge in [0.2, 0.25) is 0 Å². The third-order valence-electron chi connectivity index (χ3n) is 5.33. The predicted octanol–water partition coefficient (Wildman–Crippen LogP) is 5.01. The predicted molar refractivity (Wildman–Crippen MR) is 118 cm³/mol. The molecule has 1 heterocycles. The topological polar surface area (TPSA) is 65.4 Å². The molecule has 0 bridgehead atoms. The van der Waals surface area contributed by atoms with Crippen LogP contribution >= 0.6 is 0 Å². The molecule has 0 atom stereocenters. The third kappa shape index (κ3) is 4.06. The Morgan fingerprint density at radius 1 is 1.30 bits per heavy atom. The summed E-state index contributed by atoms with van der Waals surface area (Å²) < 4.78 is 20.0. The summed E-state index contributed by atoms with van der Waals surface area (Å²) in [6.07, 6.45) is 3.39. The maximum absolute atomic E-state index is 14.9. The average Bonchev–Trinajstić information content (AvgIpc) is 2.70. The Balaban J connectivity index is 1.96. The van der Waals surface area contributed by atoms with Crippen molar-refractivity contribution in [2.45, 2.75) is 26.3 Å². The summed E-state index contributed by atoms with van der Waals surface area (Å²) in [6, 6.07) is 11.8. The van der Waals surface area contributed by atoms with E-state index in [9.17, 15) is 14.4 Å². The molecule has 0 aromatic heterocycles. The normalized spacial score (nSPS) is 15.0. The lowest BCUT2D eigenvalue weighted by atomic mass is 9.88. The molecule has 0 fully saturated rings. The van der Waals surface area contributed by atoms with Gasteiger partial charge >= 0.3 is 0 Å². The van der Waals surface area contributed by atoms with Crippen molar-refractivity contribution < 1.29 is 13.9 Å². The molecule has 2 aromatic carbocycles. The van der Waals surface area contributed by atoms with E-state index in [0.717, 1.165) is 16.8 Å². The molecule has 30 heavy (non-hydrogen) atoms. The molecule has 1 aliphatic heterocycles. The highest BCUT2D eigenvalue weighted by atomic mass is 19.1. The van der Waals surface area contributed by atoms with Crippen LogP contribution in [0.5, 0.6) is 5.75 Å². The largest absolute Gasteiger partial charge is 0.497 e. The minimum absolute atomic E-state index is 0.187. The highest BCUT2D eigenvalue weighted by Gasteiger charge is 2.29. The molecule has 3 rings (SSSR count). The minimum Gasteiger partial charge on any atom is -0.497 e. The zero-order valence-corrected chi connectivity index (χ0v) is 17.7. The number of fused-ring (bicyclic) bond motifs is 1. The van der Waals surface area contributed by atoms with E-state index in [1.165, 1.54) is 19.3 Å². The number of allylic oxidation sites excluding steroid dienone is 1.